The first kappa shape index (κ1) is 83.1. The molecular weight excluding hydrogens is 869 g/mol. The molecule has 1 fully saturated rings. The Morgan fingerprint density at radius 3 is 1.16 bits per heavy atom. The Morgan fingerprint density at radius 2 is 1.04 bits per heavy atom. The van der Waals surface area contributed by atoms with Crippen LogP contribution in [0.4, 0.5) is 0 Å². The molecule has 9 heteroatoms. The molecule has 0 aromatic carbocycles. The van der Waals surface area contributed by atoms with Gasteiger partial charge in [0.2, 0.25) is 0 Å². The number of aliphatic carboxylic acids is 2. The van der Waals surface area contributed by atoms with Gasteiger partial charge in [0.15, 0.2) is 0 Å². The Bertz CT molecular complexity index is 204. The maximum atomic E-state index is 9.10. The molecule has 0 spiro atoms. The van der Waals surface area contributed by atoms with Gasteiger partial charge in [-0.15, -0.1) is 0 Å². The summed E-state index contributed by atoms with van der Waals surface area (Å²) in [7, 11) is 0. The molecule has 0 saturated heterocycles. The molecule has 1 aliphatic rings. The van der Waals surface area contributed by atoms with Crippen molar-refractivity contribution in [3.05, 3.63) is 70.8 Å². The van der Waals surface area contributed by atoms with Crippen LogP contribution in [-0.2, 0) is 72.8 Å². The molecule has 0 unspecified atom stereocenters. The molecule has 0 amide bonds. The van der Waals surface area contributed by atoms with Crippen LogP contribution >= 0.6 is 0 Å². The number of carbonyl (C=O) groups is 2. The largest absolute Gasteiger partial charge is 4.00 e. The fourth-order valence-electron chi connectivity index (χ4n) is 1.21. The van der Waals surface area contributed by atoms with E-state index >= 15 is 0 Å². The zero-order chi connectivity index (χ0) is 11.1. The summed E-state index contributed by atoms with van der Waals surface area (Å²) < 4.78 is 0. The van der Waals surface area contributed by atoms with Gasteiger partial charge in [-0.3, -0.25) is 0 Å². The van der Waals surface area contributed by atoms with Crippen LogP contribution in [0.5, 0.6) is 0 Å². The van der Waals surface area contributed by atoms with E-state index in [1.165, 1.54) is 19.3 Å². The van der Waals surface area contributed by atoms with Crippen LogP contribution in [0.2, 0.25) is 0 Å². The van der Waals surface area contributed by atoms with Crippen molar-refractivity contribution in [1.82, 2.24) is 0 Å². The first-order valence-electron chi connectivity index (χ1n) is 4.45. The number of nitrogens with two attached hydrogens (primary N) is 1. The SMILES string of the molecule is O=C(O)C(=O)O.[CH2-][C@H]1CCCC[C@@H]1[NH-].[CH3-].[CH3-].[CH3-].[CH3-].[CH3-].[CH3-].[CH3-].[NH2-].[Pt+2].[Pt+4].[Pt+4]. The van der Waals surface area contributed by atoms with Crippen molar-refractivity contribution in [2.75, 3.05) is 0 Å². The van der Waals surface area contributed by atoms with Crippen molar-refractivity contribution in [3.8, 4) is 0 Å². The molecule has 0 aliphatic heterocycles. The summed E-state index contributed by atoms with van der Waals surface area (Å²) in [5.74, 6) is -3.23. The van der Waals surface area contributed by atoms with Gasteiger partial charge in [0, 0.05) is 0 Å². The van der Waals surface area contributed by atoms with Crippen LogP contribution in [0.15, 0.2) is 0 Å². The molecule has 1 saturated carbocycles. The van der Waals surface area contributed by atoms with E-state index in [2.05, 4.69) is 6.92 Å². The van der Waals surface area contributed by atoms with E-state index in [-0.39, 0.29) is 127 Å². The first-order chi connectivity index (χ1) is 6.45. The minimum atomic E-state index is -1.82. The molecule has 0 heterocycles. The number of hydrogen-bond acceptors (Lipinski definition) is 2. The molecule has 2 atom stereocenters. The van der Waals surface area contributed by atoms with Gasteiger partial charge in [0.1, 0.15) is 0 Å². The second-order valence-corrected chi connectivity index (χ2v) is 3.26. The van der Waals surface area contributed by atoms with Crippen LogP contribution in [-0.4, -0.2) is 28.2 Å². The van der Waals surface area contributed by atoms with Gasteiger partial charge >= 0.3 is 75.1 Å². The summed E-state index contributed by atoms with van der Waals surface area (Å²) in [6.45, 7) is 3.89. The molecule has 0 bridgehead atoms. The first-order valence-corrected chi connectivity index (χ1v) is 4.45. The predicted molar refractivity (Wildman–Crippen MR) is 101 cm³/mol. The molecule has 0 radical (unpaired) electrons. The summed E-state index contributed by atoms with van der Waals surface area (Å²) in [6.07, 6.45) is 4.80. The minimum Gasteiger partial charge on any atom is -0.693 e. The van der Waals surface area contributed by atoms with E-state index < -0.39 is 11.9 Å². The Labute approximate surface area is 202 Å². The normalized spacial score (nSPS) is 14.5. The number of nitrogens with one attached hydrogen (secondary N) is 1. The van der Waals surface area contributed by atoms with Crippen LogP contribution < -0.4 is 0 Å². The van der Waals surface area contributed by atoms with Crippen molar-refractivity contribution in [1.29, 1.82) is 0 Å². The van der Waals surface area contributed by atoms with Crippen molar-refractivity contribution < 1.29 is 83.0 Å². The molecule has 1 rings (SSSR count). The third-order valence-electron chi connectivity index (χ3n) is 2.09. The minimum absolute atomic E-state index is 0. The average molecular weight is 908 g/mol. The van der Waals surface area contributed by atoms with Gasteiger partial charge in [-0.25, -0.2) is 9.59 Å². The molecule has 0 aromatic rings. The van der Waals surface area contributed by atoms with Gasteiger partial charge < -0.3 is 81.0 Å². The maximum Gasteiger partial charge on any atom is 4.00 e. The third kappa shape index (κ3) is 51.7. The summed E-state index contributed by atoms with van der Waals surface area (Å²) in [5, 5.41) is 14.8. The zero-order valence-corrected chi connectivity index (χ0v) is 23.2. The molecule has 0 aromatic heterocycles. The van der Waals surface area contributed by atoms with E-state index in [0.717, 1.165) is 6.42 Å². The Kier molecular flexibility index (Phi) is 165. The van der Waals surface area contributed by atoms with Gasteiger partial charge in [0.05, 0.1) is 0 Å². The second-order valence-electron chi connectivity index (χ2n) is 3.26. The van der Waals surface area contributed by atoms with E-state index in [1.807, 2.05) is 0 Å². The van der Waals surface area contributed by atoms with Crippen LogP contribution in [0.1, 0.15) is 25.7 Å². The Balaban J connectivity index is -0.00000000954. The Hall–Kier alpha value is 0.925. The fraction of sp³-hybridized carbons (Fsp3) is 0.375. The predicted octanol–water partition coefficient (Wildman–Crippen LogP) is 5.45. The van der Waals surface area contributed by atoms with E-state index in [4.69, 9.17) is 25.5 Å². The molecule has 166 valence electrons. The second kappa shape index (κ2) is 49.8. The summed E-state index contributed by atoms with van der Waals surface area (Å²) in [6, 6.07) is 0.142. The maximum absolute atomic E-state index is 9.10. The van der Waals surface area contributed by atoms with Gasteiger partial charge in [0.25, 0.3) is 0 Å². The van der Waals surface area contributed by atoms with E-state index in [1.54, 1.807) is 0 Å². The van der Waals surface area contributed by atoms with Crippen LogP contribution in [0.3, 0.4) is 0 Å². The fourth-order valence-corrected chi connectivity index (χ4v) is 1.21. The summed E-state index contributed by atoms with van der Waals surface area (Å²) in [4.78, 5) is 18.2. The molecule has 1 aliphatic carbocycles. The standard InChI is InChI=1S/C7H13N.C2H2O4.7CH3.H2N.3Pt/c1-6-4-2-3-5-7(6)8;3-1(4)2(5)6;;;;;;;;;;;/h6-8H,1-5H2;(H,3,4)(H,5,6);7*1H3;1H2;;;/q-2;;8*-1;+2;2*+4/t6-,7-;;;;;;;;;;;;/m0............/s1. The van der Waals surface area contributed by atoms with Crippen molar-refractivity contribution in [2.24, 2.45) is 5.92 Å². The number of carboxylic acids is 2. The van der Waals surface area contributed by atoms with Crippen LogP contribution in [0, 0.1) is 64.8 Å². The number of hydrogen-bond donors (Lipinski definition) is 2. The topological polar surface area (TPSA) is 132 Å². The van der Waals surface area contributed by atoms with E-state index in [0.29, 0.717) is 5.92 Å². The number of carboxylic acid groups (broad SMARTS) is 2. The summed E-state index contributed by atoms with van der Waals surface area (Å²) >= 11 is 0. The van der Waals surface area contributed by atoms with Gasteiger partial charge in [-0.05, 0) is 0 Å². The smallest absolute Gasteiger partial charge is 0.693 e. The number of rotatable bonds is 0. The van der Waals surface area contributed by atoms with Crippen LogP contribution in [0.25, 0.3) is 11.9 Å². The molecule has 6 nitrogen and oxygen atoms in total. The Morgan fingerprint density at radius 1 is 0.800 bits per heavy atom. The van der Waals surface area contributed by atoms with Gasteiger partial charge in [-0.1, -0.05) is 25.7 Å². The van der Waals surface area contributed by atoms with Crippen molar-refractivity contribution in [2.45, 2.75) is 31.7 Å². The van der Waals surface area contributed by atoms with Crippen molar-refractivity contribution in [3.63, 3.8) is 0 Å². The molecular formula is C16H38N2O4Pt3. The molecule has 5 N–H and O–H groups in total. The van der Waals surface area contributed by atoms with E-state index in [9.17, 15) is 0 Å². The van der Waals surface area contributed by atoms with Gasteiger partial charge in [-0.2, -0.15) is 12.0 Å². The third-order valence-corrected chi connectivity index (χ3v) is 2.09. The molecule has 25 heavy (non-hydrogen) atoms. The zero-order valence-electron chi connectivity index (χ0n) is 16.4. The quantitative estimate of drug-likeness (QED) is 0.248. The summed E-state index contributed by atoms with van der Waals surface area (Å²) in [5.41, 5.74) is 7.42. The monoisotopic (exact) mass is 907 g/mol. The average Bonchev–Trinajstić information content (AvgIpc) is 2.11. The van der Waals surface area contributed by atoms with Crippen molar-refractivity contribution >= 4 is 11.9 Å².